The van der Waals surface area contributed by atoms with Crippen LogP contribution in [0, 0.1) is 4.64 Å². The maximum absolute atomic E-state index is 5.88. The molecule has 0 aliphatic carbocycles. The minimum absolute atomic E-state index is 0.754. The molecule has 1 nitrogen and oxygen atoms in total. The first-order valence-electron chi connectivity index (χ1n) is 3.94. The predicted octanol–water partition coefficient (Wildman–Crippen LogP) is 3.56. The van der Waals surface area contributed by atoms with Gasteiger partial charge in [0.2, 0.25) is 0 Å². The van der Waals surface area contributed by atoms with E-state index in [1.807, 2.05) is 41.9 Å². The second-order valence-electron chi connectivity index (χ2n) is 2.93. The number of benzene rings is 1. The highest BCUT2D eigenvalue weighted by Crippen LogP contribution is 2.18. The number of hydrogen-bond acceptors (Lipinski definition) is 1. The molecule has 13 heavy (non-hydrogen) atoms. The van der Waals surface area contributed by atoms with Crippen molar-refractivity contribution < 1.29 is 0 Å². The Morgan fingerprint density at radius 2 is 2.00 bits per heavy atom. The van der Waals surface area contributed by atoms with E-state index < -0.39 is 0 Å². The van der Waals surface area contributed by atoms with Gasteiger partial charge in [0.15, 0.2) is 0 Å². The molecule has 0 fully saturated rings. The number of aromatic nitrogens is 1. The van der Waals surface area contributed by atoms with E-state index in [-0.39, 0.29) is 0 Å². The second kappa shape index (κ2) is 3.13. The van der Waals surface area contributed by atoms with Crippen molar-refractivity contribution in [2.45, 2.75) is 0 Å². The lowest BCUT2D eigenvalue weighted by Crippen LogP contribution is -1.93. The Balaban J connectivity index is 2.95. The second-order valence-corrected chi connectivity index (χ2v) is 3.79. The van der Waals surface area contributed by atoms with E-state index >= 15 is 0 Å². The van der Waals surface area contributed by atoms with Crippen LogP contribution in [0.25, 0.3) is 10.9 Å². The summed E-state index contributed by atoms with van der Waals surface area (Å²) in [4.78, 5) is 0. The number of hydrogen-bond donors (Lipinski definition) is 0. The van der Waals surface area contributed by atoms with E-state index in [0.29, 0.717) is 0 Å². The van der Waals surface area contributed by atoms with Gasteiger partial charge in [-0.25, -0.2) is 0 Å². The molecule has 1 heterocycles. The summed E-state index contributed by atoms with van der Waals surface area (Å²) in [5.74, 6) is 0. The first-order valence-corrected chi connectivity index (χ1v) is 4.72. The van der Waals surface area contributed by atoms with Crippen molar-refractivity contribution in [2.75, 3.05) is 0 Å². The molecule has 1 aromatic carbocycles. The van der Waals surface area contributed by atoms with Gasteiger partial charge >= 0.3 is 0 Å². The van der Waals surface area contributed by atoms with Gasteiger partial charge in [-0.2, -0.15) is 0 Å². The molecule has 0 saturated heterocycles. The summed E-state index contributed by atoms with van der Waals surface area (Å²) in [5, 5.41) is 1.87. The average Bonchev–Trinajstić information content (AvgIpc) is 2.12. The molecule has 0 N–H and O–H groups in total. The van der Waals surface area contributed by atoms with Gasteiger partial charge in [0, 0.05) is 17.6 Å². The van der Waals surface area contributed by atoms with Gasteiger partial charge in [0.05, 0.1) is 0 Å². The van der Waals surface area contributed by atoms with Gasteiger partial charge in [-0.3, -0.25) is 0 Å². The highest BCUT2D eigenvalue weighted by Gasteiger charge is 1.96. The fourth-order valence-corrected chi connectivity index (χ4v) is 1.70. The Morgan fingerprint density at radius 3 is 2.77 bits per heavy atom. The zero-order valence-corrected chi connectivity index (χ0v) is 8.69. The number of pyridine rings is 1. The van der Waals surface area contributed by atoms with Gasteiger partial charge in [0.25, 0.3) is 0 Å². The first-order chi connectivity index (χ1) is 6.18. The minimum Gasteiger partial charge on any atom is -0.335 e. The molecule has 0 saturated carbocycles. The molecule has 0 aliphatic heterocycles. The van der Waals surface area contributed by atoms with E-state index in [4.69, 9.17) is 23.8 Å². The summed E-state index contributed by atoms with van der Waals surface area (Å²) in [6.07, 6.45) is 0. The van der Waals surface area contributed by atoms with E-state index in [9.17, 15) is 0 Å². The van der Waals surface area contributed by atoms with Crippen LogP contribution in [0.3, 0.4) is 0 Å². The summed E-state index contributed by atoms with van der Waals surface area (Å²) in [6, 6.07) is 9.69. The SMILES string of the molecule is Cn1c(=S)ccc2cc(Cl)ccc21. The minimum atomic E-state index is 0.754. The maximum Gasteiger partial charge on any atom is 0.106 e. The van der Waals surface area contributed by atoms with Crippen LogP contribution in [0.1, 0.15) is 0 Å². The Labute approximate surface area is 86.6 Å². The fourth-order valence-electron chi connectivity index (χ4n) is 1.36. The fraction of sp³-hybridized carbons (Fsp3) is 0.100. The van der Waals surface area contributed by atoms with Gasteiger partial charge < -0.3 is 4.57 Å². The summed E-state index contributed by atoms with van der Waals surface area (Å²) < 4.78 is 2.80. The topological polar surface area (TPSA) is 4.93 Å². The summed E-state index contributed by atoms with van der Waals surface area (Å²) in [5.41, 5.74) is 1.11. The number of aryl methyl sites for hydroxylation is 1. The third kappa shape index (κ3) is 1.47. The zero-order chi connectivity index (χ0) is 9.42. The van der Waals surface area contributed by atoms with Crippen molar-refractivity contribution in [3.63, 3.8) is 0 Å². The van der Waals surface area contributed by atoms with Crippen molar-refractivity contribution in [1.82, 2.24) is 4.57 Å². The lowest BCUT2D eigenvalue weighted by Gasteiger charge is -2.04. The molecule has 0 amide bonds. The largest absolute Gasteiger partial charge is 0.335 e. The average molecular weight is 210 g/mol. The summed E-state index contributed by atoms with van der Waals surface area (Å²) in [6.45, 7) is 0. The number of nitrogens with zero attached hydrogens (tertiary/aromatic N) is 1. The van der Waals surface area contributed by atoms with Crippen LogP contribution >= 0.6 is 23.8 Å². The van der Waals surface area contributed by atoms with Crippen LogP contribution < -0.4 is 0 Å². The van der Waals surface area contributed by atoms with Crippen LogP contribution in [0.5, 0.6) is 0 Å². The molecule has 0 spiro atoms. The Hall–Kier alpha value is -0.860. The molecule has 0 aliphatic rings. The lowest BCUT2D eigenvalue weighted by molar-refractivity contribution is 0.936. The van der Waals surface area contributed by atoms with E-state index in [2.05, 4.69) is 0 Å². The zero-order valence-electron chi connectivity index (χ0n) is 7.12. The van der Waals surface area contributed by atoms with E-state index in [1.165, 1.54) is 0 Å². The molecular formula is C10H8ClNS. The number of fused-ring (bicyclic) bond motifs is 1. The third-order valence-corrected chi connectivity index (χ3v) is 2.73. The molecule has 1 aromatic heterocycles. The van der Waals surface area contributed by atoms with Crippen LogP contribution in [0.4, 0.5) is 0 Å². The van der Waals surface area contributed by atoms with Gasteiger partial charge in [-0.1, -0.05) is 23.8 Å². The smallest absolute Gasteiger partial charge is 0.106 e. The van der Waals surface area contributed by atoms with Crippen LogP contribution in [0.15, 0.2) is 30.3 Å². The van der Waals surface area contributed by atoms with Crippen molar-refractivity contribution in [3.8, 4) is 0 Å². The van der Waals surface area contributed by atoms with Gasteiger partial charge in [-0.15, -0.1) is 0 Å². The third-order valence-electron chi connectivity index (χ3n) is 2.09. The Kier molecular flexibility index (Phi) is 2.10. The lowest BCUT2D eigenvalue weighted by atomic mass is 10.2. The Bertz CT molecular complexity index is 516. The van der Waals surface area contributed by atoms with Gasteiger partial charge in [-0.05, 0) is 35.7 Å². The molecule has 0 radical (unpaired) electrons. The molecule has 0 atom stereocenters. The van der Waals surface area contributed by atoms with E-state index in [0.717, 1.165) is 20.6 Å². The number of rotatable bonds is 0. The number of halogens is 1. The molecule has 3 heteroatoms. The van der Waals surface area contributed by atoms with E-state index in [1.54, 1.807) is 0 Å². The van der Waals surface area contributed by atoms with Crippen LogP contribution in [-0.4, -0.2) is 4.57 Å². The van der Waals surface area contributed by atoms with Crippen molar-refractivity contribution in [1.29, 1.82) is 0 Å². The normalized spacial score (nSPS) is 10.6. The highest BCUT2D eigenvalue weighted by atomic mass is 35.5. The summed E-state index contributed by atoms with van der Waals surface area (Å²) >= 11 is 11.0. The van der Waals surface area contributed by atoms with Crippen molar-refractivity contribution in [2.24, 2.45) is 7.05 Å². The predicted molar refractivity (Wildman–Crippen MR) is 58.8 cm³/mol. The van der Waals surface area contributed by atoms with Crippen LogP contribution in [-0.2, 0) is 7.05 Å². The molecule has 0 unspecified atom stereocenters. The van der Waals surface area contributed by atoms with Gasteiger partial charge in [0.1, 0.15) is 4.64 Å². The molecule has 66 valence electrons. The highest BCUT2D eigenvalue weighted by molar-refractivity contribution is 7.71. The monoisotopic (exact) mass is 209 g/mol. The molecular weight excluding hydrogens is 202 g/mol. The first kappa shape index (κ1) is 8.73. The molecule has 0 bridgehead atoms. The molecule has 2 rings (SSSR count). The quantitative estimate of drug-likeness (QED) is 0.601. The Morgan fingerprint density at radius 1 is 1.23 bits per heavy atom. The van der Waals surface area contributed by atoms with Crippen molar-refractivity contribution in [3.05, 3.63) is 40.0 Å². The summed E-state index contributed by atoms with van der Waals surface area (Å²) in [7, 11) is 1.96. The maximum atomic E-state index is 5.88. The molecule has 2 aromatic rings. The van der Waals surface area contributed by atoms with Crippen LogP contribution in [0.2, 0.25) is 5.02 Å². The van der Waals surface area contributed by atoms with Crippen molar-refractivity contribution >= 4 is 34.7 Å². The standard InChI is InChI=1S/C10H8ClNS/c1-12-9-4-3-8(11)6-7(9)2-5-10(12)13/h2-6H,1H3.